The molecule has 1 aromatic rings. The van der Waals surface area contributed by atoms with Gasteiger partial charge in [0.05, 0.1) is 19.4 Å². The summed E-state index contributed by atoms with van der Waals surface area (Å²) in [6.45, 7) is 2.38. The SMILES string of the molecule is O=C(O)c1cc(F)cnc1NN1CCOCC1. The number of hydrogen-bond acceptors (Lipinski definition) is 5. The van der Waals surface area contributed by atoms with Gasteiger partial charge in [0.25, 0.3) is 0 Å². The second-order valence-corrected chi connectivity index (χ2v) is 3.57. The molecule has 0 spiro atoms. The highest BCUT2D eigenvalue weighted by Crippen LogP contribution is 2.14. The first kappa shape index (κ1) is 11.7. The molecule has 0 amide bonds. The van der Waals surface area contributed by atoms with E-state index in [2.05, 4.69) is 10.4 Å². The van der Waals surface area contributed by atoms with Crippen LogP contribution in [0.3, 0.4) is 0 Å². The third-order valence-corrected chi connectivity index (χ3v) is 2.36. The topological polar surface area (TPSA) is 74.7 Å². The fraction of sp³-hybridized carbons (Fsp3) is 0.400. The summed E-state index contributed by atoms with van der Waals surface area (Å²) < 4.78 is 18.1. The van der Waals surface area contributed by atoms with Crippen LogP contribution in [0.25, 0.3) is 0 Å². The number of rotatable bonds is 3. The lowest BCUT2D eigenvalue weighted by molar-refractivity contribution is 0.0493. The van der Waals surface area contributed by atoms with Crippen LogP contribution in [0, 0.1) is 5.82 Å². The predicted molar refractivity (Wildman–Crippen MR) is 57.2 cm³/mol. The molecule has 1 saturated heterocycles. The Morgan fingerprint density at radius 1 is 1.53 bits per heavy atom. The summed E-state index contributed by atoms with van der Waals surface area (Å²) >= 11 is 0. The Hall–Kier alpha value is -1.73. The van der Waals surface area contributed by atoms with Crippen LogP contribution in [0.5, 0.6) is 0 Å². The average molecular weight is 241 g/mol. The van der Waals surface area contributed by atoms with E-state index in [1.54, 1.807) is 5.01 Å². The number of carboxylic acids is 1. The van der Waals surface area contributed by atoms with Crippen molar-refractivity contribution in [2.75, 3.05) is 31.7 Å². The maximum absolute atomic E-state index is 12.9. The Kier molecular flexibility index (Phi) is 3.50. The second kappa shape index (κ2) is 5.07. The van der Waals surface area contributed by atoms with Gasteiger partial charge in [-0.1, -0.05) is 0 Å². The summed E-state index contributed by atoms with van der Waals surface area (Å²) in [5, 5.41) is 10.7. The van der Waals surface area contributed by atoms with E-state index in [4.69, 9.17) is 9.84 Å². The van der Waals surface area contributed by atoms with E-state index in [1.807, 2.05) is 0 Å². The Morgan fingerprint density at radius 3 is 2.88 bits per heavy atom. The molecule has 6 nitrogen and oxygen atoms in total. The van der Waals surface area contributed by atoms with E-state index in [-0.39, 0.29) is 11.4 Å². The van der Waals surface area contributed by atoms with Crippen LogP contribution < -0.4 is 5.43 Å². The normalized spacial score (nSPS) is 16.8. The second-order valence-electron chi connectivity index (χ2n) is 3.57. The number of carbonyl (C=O) groups is 1. The first-order chi connectivity index (χ1) is 8.16. The van der Waals surface area contributed by atoms with Gasteiger partial charge >= 0.3 is 5.97 Å². The Morgan fingerprint density at radius 2 is 2.24 bits per heavy atom. The van der Waals surface area contributed by atoms with Crippen molar-refractivity contribution < 1.29 is 19.0 Å². The lowest BCUT2D eigenvalue weighted by atomic mass is 10.2. The van der Waals surface area contributed by atoms with Crippen LogP contribution in [0.1, 0.15) is 10.4 Å². The molecule has 2 rings (SSSR count). The predicted octanol–water partition coefficient (Wildman–Crippen LogP) is 0.578. The molecule has 0 unspecified atom stereocenters. The number of anilines is 1. The zero-order chi connectivity index (χ0) is 12.3. The van der Waals surface area contributed by atoms with Gasteiger partial charge in [-0.25, -0.2) is 19.2 Å². The van der Waals surface area contributed by atoms with Crippen molar-refractivity contribution in [2.24, 2.45) is 0 Å². The average Bonchev–Trinajstić information content (AvgIpc) is 2.32. The van der Waals surface area contributed by atoms with Gasteiger partial charge in [0.2, 0.25) is 0 Å². The van der Waals surface area contributed by atoms with Gasteiger partial charge in [-0.2, -0.15) is 0 Å². The molecule has 92 valence electrons. The van der Waals surface area contributed by atoms with Crippen LogP contribution in [-0.2, 0) is 4.74 Å². The van der Waals surface area contributed by atoms with E-state index >= 15 is 0 Å². The minimum absolute atomic E-state index is 0.140. The maximum atomic E-state index is 12.9. The van der Waals surface area contributed by atoms with E-state index in [0.29, 0.717) is 26.3 Å². The Labute approximate surface area is 97.0 Å². The highest BCUT2D eigenvalue weighted by molar-refractivity contribution is 5.92. The fourth-order valence-corrected chi connectivity index (χ4v) is 1.52. The standard InChI is InChI=1S/C10H12FN3O3/c11-7-5-8(10(15)16)9(12-6-7)13-14-1-3-17-4-2-14/h5-6H,1-4H2,(H,12,13)(H,15,16). The van der Waals surface area contributed by atoms with Gasteiger partial charge in [0.1, 0.15) is 11.4 Å². The molecule has 0 aromatic carbocycles. The van der Waals surface area contributed by atoms with Crippen molar-refractivity contribution in [3.63, 3.8) is 0 Å². The molecule has 7 heteroatoms. The van der Waals surface area contributed by atoms with Gasteiger partial charge in [0.15, 0.2) is 5.82 Å². The van der Waals surface area contributed by atoms with Crippen LogP contribution >= 0.6 is 0 Å². The minimum atomic E-state index is -1.22. The van der Waals surface area contributed by atoms with Crippen molar-refractivity contribution in [3.05, 3.63) is 23.6 Å². The third-order valence-electron chi connectivity index (χ3n) is 2.36. The molecule has 2 N–H and O–H groups in total. The van der Waals surface area contributed by atoms with Gasteiger partial charge < -0.3 is 15.3 Å². The van der Waals surface area contributed by atoms with E-state index < -0.39 is 11.8 Å². The fourth-order valence-electron chi connectivity index (χ4n) is 1.52. The number of halogens is 1. The number of ether oxygens (including phenoxy) is 1. The van der Waals surface area contributed by atoms with Crippen LogP contribution in [0.15, 0.2) is 12.3 Å². The third kappa shape index (κ3) is 2.89. The summed E-state index contributed by atoms with van der Waals surface area (Å²) in [6.07, 6.45) is 0.981. The van der Waals surface area contributed by atoms with E-state index in [1.165, 1.54) is 0 Å². The lowest BCUT2D eigenvalue weighted by Crippen LogP contribution is -2.40. The minimum Gasteiger partial charge on any atom is -0.478 e. The summed E-state index contributed by atoms with van der Waals surface area (Å²) in [5.41, 5.74) is 2.67. The first-order valence-electron chi connectivity index (χ1n) is 5.15. The molecule has 17 heavy (non-hydrogen) atoms. The Balaban J connectivity index is 2.16. The molecule has 2 heterocycles. The van der Waals surface area contributed by atoms with Crippen LogP contribution in [-0.4, -0.2) is 47.4 Å². The highest BCUT2D eigenvalue weighted by Gasteiger charge is 2.16. The molecule has 1 aliphatic heterocycles. The molecule has 0 radical (unpaired) electrons. The smallest absolute Gasteiger partial charge is 0.339 e. The van der Waals surface area contributed by atoms with Crippen molar-refractivity contribution in [2.45, 2.75) is 0 Å². The van der Waals surface area contributed by atoms with E-state index in [0.717, 1.165) is 12.3 Å². The maximum Gasteiger partial charge on any atom is 0.339 e. The van der Waals surface area contributed by atoms with Crippen molar-refractivity contribution in [1.82, 2.24) is 9.99 Å². The number of pyridine rings is 1. The molecule has 0 aliphatic carbocycles. The molecule has 1 fully saturated rings. The zero-order valence-electron chi connectivity index (χ0n) is 9.02. The summed E-state index contributed by atoms with van der Waals surface area (Å²) in [7, 11) is 0. The quantitative estimate of drug-likeness (QED) is 0.806. The van der Waals surface area contributed by atoms with Crippen LogP contribution in [0.2, 0.25) is 0 Å². The molecular weight excluding hydrogens is 229 g/mol. The molecule has 0 atom stereocenters. The Bertz CT molecular complexity index is 421. The van der Waals surface area contributed by atoms with Crippen molar-refractivity contribution in [1.29, 1.82) is 0 Å². The number of hydrazine groups is 1. The molecule has 1 aromatic heterocycles. The van der Waals surface area contributed by atoms with Gasteiger partial charge in [-0.05, 0) is 6.07 Å². The highest BCUT2D eigenvalue weighted by atomic mass is 19.1. The number of nitrogens with one attached hydrogen (secondary N) is 1. The molecular formula is C10H12FN3O3. The summed E-state index contributed by atoms with van der Waals surface area (Å²) in [5.74, 6) is -1.75. The zero-order valence-corrected chi connectivity index (χ0v) is 9.02. The number of hydrogen-bond donors (Lipinski definition) is 2. The van der Waals surface area contributed by atoms with Gasteiger partial charge in [-0.3, -0.25) is 0 Å². The number of aromatic nitrogens is 1. The van der Waals surface area contributed by atoms with Gasteiger partial charge in [-0.15, -0.1) is 0 Å². The number of aromatic carboxylic acids is 1. The van der Waals surface area contributed by atoms with Crippen LogP contribution in [0.4, 0.5) is 10.2 Å². The number of carboxylic acid groups (broad SMARTS) is 1. The summed E-state index contributed by atoms with van der Waals surface area (Å²) in [6, 6.07) is 0.943. The van der Waals surface area contributed by atoms with Crippen molar-refractivity contribution in [3.8, 4) is 0 Å². The number of nitrogens with zero attached hydrogens (tertiary/aromatic N) is 2. The lowest BCUT2D eigenvalue weighted by Gasteiger charge is -2.27. The largest absolute Gasteiger partial charge is 0.478 e. The van der Waals surface area contributed by atoms with Gasteiger partial charge in [0, 0.05) is 13.1 Å². The number of morpholine rings is 1. The molecule has 0 saturated carbocycles. The monoisotopic (exact) mass is 241 g/mol. The van der Waals surface area contributed by atoms with Crippen molar-refractivity contribution >= 4 is 11.8 Å². The molecule has 1 aliphatic rings. The molecule has 0 bridgehead atoms. The van der Waals surface area contributed by atoms with E-state index in [9.17, 15) is 9.18 Å². The first-order valence-corrected chi connectivity index (χ1v) is 5.15. The summed E-state index contributed by atoms with van der Waals surface area (Å²) in [4.78, 5) is 14.7.